The van der Waals surface area contributed by atoms with Gasteiger partial charge in [-0.3, -0.25) is 4.57 Å². The maximum atomic E-state index is 11.6. The molecule has 1 unspecified atom stereocenters. The van der Waals surface area contributed by atoms with Gasteiger partial charge in [0.1, 0.15) is 25.9 Å². The molecule has 0 aromatic carbocycles. The van der Waals surface area contributed by atoms with Gasteiger partial charge in [-0.1, -0.05) is 38.2 Å². The van der Waals surface area contributed by atoms with Gasteiger partial charge in [-0.2, -0.15) is 11.8 Å². The van der Waals surface area contributed by atoms with E-state index in [1.54, 1.807) is 0 Å². The molecule has 0 radical (unpaired) electrons. The molecule has 0 heterocycles. The average Bonchev–Trinajstić information content (AvgIpc) is 2.63. The van der Waals surface area contributed by atoms with Crippen molar-refractivity contribution in [3.8, 4) is 0 Å². The molecule has 0 aromatic heterocycles. The molecule has 0 aromatic rings. The van der Waals surface area contributed by atoms with E-state index in [-0.39, 0.29) is 26.0 Å². The third kappa shape index (κ3) is 17.9. The zero-order valence-corrected chi connectivity index (χ0v) is 17.5. The Labute approximate surface area is 169 Å². The summed E-state index contributed by atoms with van der Waals surface area (Å²) in [5.41, 5.74) is 0. The molecule has 0 aliphatic rings. The molecule has 11 heteroatoms. The number of unbranched alkanes of at least 4 members (excludes halogenated alkanes) is 3. The van der Waals surface area contributed by atoms with Gasteiger partial charge in [-0.05, 0) is 18.6 Å². The molecule has 0 amide bonds. The normalized spacial score (nSPS) is 11.9. The predicted octanol–water partition coefficient (Wildman–Crippen LogP) is 3.50. The first-order chi connectivity index (χ1) is 13.3. The average molecular weight is 440 g/mol. The monoisotopic (exact) mass is 440 g/mol. The Hall–Kier alpha value is -1.48. The van der Waals surface area contributed by atoms with Gasteiger partial charge in [0.05, 0.1) is 0 Å². The van der Waals surface area contributed by atoms with Crippen molar-refractivity contribution >= 4 is 31.7 Å². The fraction of sp³-hybridized carbons (Fsp3) is 0.647. The van der Waals surface area contributed by atoms with Crippen molar-refractivity contribution < 1.29 is 42.9 Å². The van der Waals surface area contributed by atoms with Gasteiger partial charge in [0.2, 0.25) is 0 Å². The van der Waals surface area contributed by atoms with E-state index in [0.717, 1.165) is 25.0 Å². The SMILES string of the molecule is C=CCOC(=O)OCC(CSCCCCCCP(=O)(O)O)OC(=O)OCC=C. The molecule has 0 rings (SSSR count). The lowest BCUT2D eigenvalue weighted by atomic mass is 10.2. The summed E-state index contributed by atoms with van der Waals surface area (Å²) in [6, 6.07) is 0. The Bertz CT molecular complexity index is 521. The second-order valence-corrected chi connectivity index (χ2v) is 8.55. The summed E-state index contributed by atoms with van der Waals surface area (Å²) in [7, 11) is -3.91. The highest BCUT2D eigenvalue weighted by molar-refractivity contribution is 7.99. The minimum atomic E-state index is -3.91. The second-order valence-electron chi connectivity index (χ2n) is 5.63. The first kappa shape index (κ1) is 26.5. The Morgan fingerprint density at radius 1 is 0.964 bits per heavy atom. The van der Waals surface area contributed by atoms with Crippen LogP contribution >= 0.6 is 19.4 Å². The van der Waals surface area contributed by atoms with E-state index in [1.807, 2.05) is 0 Å². The Kier molecular flexibility index (Phi) is 15.6. The molecule has 28 heavy (non-hydrogen) atoms. The summed E-state index contributed by atoms with van der Waals surface area (Å²) in [6.45, 7) is 6.70. The molecule has 0 fully saturated rings. The van der Waals surface area contributed by atoms with Crippen LogP contribution in [0, 0.1) is 0 Å². The Morgan fingerprint density at radius 3 is 2.18 bits per heavy atom. The van der Waals surface area contributed by atoms with E-state index in [2.05, 4.69) is 17.9 Å². The third-order valence-corrected chi connectivity index (χ3v) is 5.16. The first-order valence-electron chi connectivity index (χ1n) is 8.75. The molecule has 0 saturated carbocycles. The number of ether oxygens (including phenoxy) is 4. The van der Waals surface area contributed by atoms with Crippen LogP contribution < -0.4 is 0 Å². The number of rotatable bonds is 16. The zero-order valence-electron chi connectivity index (χ0n) is 15.8. The number of hydrogen-bond acceptors (Lipinski definition) is 8. The highest BCUT2D eigenvalue weighted by Gasteiger charge is 2.18. The molecule has 0 saturated heterocycles. The van der Waals surface area contributed by atoms with Gasteiger partial charge in [0, 0.05) is 11.9 Å². The molecule has 0 aliphatic heterocycles. The molecule has 162 valence electrons. The fourth-order valence-corrected chi connectivity index (χ4v) is 3.47. The van der Waals surface area contributed by atoms with Crippen LogP contribution in [-0.4, -0.2) is 65.7 Å². The smallest absolute Gasteiger partial charge is 0.430 e. The summed E-state index contributed by atoms with van der Waals surface area (Å²) >= 11 is 1.51. The number of hydrogen-bond donors (Lipinski definition) is 2. The van der Waals surface area contributed by atoms with Crippen LogP contribution in [-0.2, 0) is 23.5 Å². The first-order valence-corrected chi connectivity index (χ1v) is 11.7. The molecular formula is C17H29O9PS. The Morgan fingerprint density at radius 2 is 1.57 bits per heavy atom. The molecule has 9 nitrogen and oxygen atoms in total. The van der Waals surface area contributed by atoms with Gasteiger partial charge in [0.25, 0.3) is 0 Å². The van der Waals surface area contributed by atoms with Gasteiger partial charge in [0.15, 0.2) is 0 Å². The second kappa shape index (κ2) is 16.5. The highest BCUT2D eigenvalue weighted by atomic mass is 32.2. The van der Waals surface area contributed by atoms with Crippen molar-refractivity contribution in [1.82, 2.24) is 0 Å². The molecule has 0 bridgehead atoms. The summed E-state index contributed by atoms with van der Waals surface area (Å²) in [4.78, 5) is 40.5. The molecule has 2 N–H and O–H groups in total. The highest BCUT2D eigenvalue weighted by Crippen LogP contribution is 2.35. The number of thioether (sulfide) groups is 1. The molecule has 0 spiro atoms. The third-order valence-electron chi connectivity index (χ3n) is 3.08. The lowest BCUT2D eigenvalue weighted by molar-refractivity contribution is -0.00421. The molecule has 0 aliphatic carbocycles. The fourth-order valence-electron chi connectivity index (χ4n) is 1.83. The summed E-state index contributed by atoms with van der Waals surface area (Å²) in [6.07, 6.45) is 3.14. The summed E-state index contributed by atoms with van der Waals surface area (Å²) in [5, 5.41) is 0. The standard InChI is InChI=1S/C17H29O9PS/c1-3-9-23-16(18)25-13-15(26-17(19)24-10-4-2)14-28-12-8-6-5-7-11-27(20,21)22/h3-4,15H,1-2,5-14H2,(H2,20,21,22). The van der Waals surface area contributed by atoms with Gasteiger partial charge >= 0.3 is 19.9 Å². The predicted molar refractivity (Wildman–Crippen MR) is 107 cm³/mol. The minimum Gasteiger partial charge on any atom is -0.430 e. The molecule has 1 atom stereocenters. The van der Waals surface area contributed by atoms with E-state index in [0.29, 0.717) is 12.2 Å². The number of carbonyl (C=O) groups excluding carboxylic acids is 2. The quantitative estimate of drug-likeness (QED) is 0.159. The molecular weight excluding hydrogens is 411 g/mol. The van der Waals surface area contributed by atoms with Gasteiger partial charge in [-0.25, -0.2) is 9.59 Å². The zero-order chi connectivity index (χ0) is 21.3. The van der Waals surface area contributed by atoms with E-state index in [1.165, 1.54) is 23.9 Å². The Balaban J connectivity index is 4.12. The van der Waals surface area contributed by atoms with Crippen molar-refractivity contribution in [2.45, 2.75) is 31.8 Å². The minimum absolute atomic E-state index is 0.00947. The van der Waals surface area contributed by atoms with Crippen LogP contribution in [0.3, 0.4) is 0 Å². The topological polar surface area (TPSA) is 129 Å². The summed E-state index contributed by atoms with van der Waals surface area (Å²) in [5.74, 6) is 1.15. The van der Waals surface area contributed by atoms with Crippen LogP contribution in [0.25, 0.3) is 0 Å². The van der Waals surface area contributed by atoms with Crippen LogP contribution in [0.15, 0.2) is 25.3 Å². The maximum absolute atomic E-state index is 11.6. The lowest BCUT2D eigenvalue weighted by Gasteiger charge is -2.17. The van der Waals surface area contributed by atoms with E-state index >= 15 is 0 Å². The van der Waals surface area contributed by atoms with Crippen molar-refractivity contribution in [1.29, 1.82) is 0 Å². The van der Waals surface area contributed by atoms with Gasteiger partial charge < -0.3 is 28.7 Å². The van der Waals surface area contributed by atoms with Crippen molar-refractivity contribution in [3.63, 3.8) is 0 Å². The van der Waals surface area contributed by atoms with Crippen molar-refractivity contribution in [2.24, 2.45) is 0 Å². The summed E-state index contributed by atoms with van der Waals surface area (Å²) < 4.78 is 30.2. The van der Waals surface area contributed by atoms with Crippen molar-refractivity contribution in [2.75, 3.05) is 37.5 Å². The number of carbonyl (C=O) groups is 2. The van der Waals surface area contributed by atoms with Crippen LogP contribution in [0.5, 0.6) is 0 Å². The van der Waals surface area contributed by atoms with E-state index < -0.39 is 26.0 Å². The van der Waals surface area contributed by atoms with E-state index in [4.69, 9.17) is 24.0 Å². The van der Waals surface area contributed by atoms with Crippen LogP contribution in [0.1, 0.15) is 25.7 Å². The largest absolute Gasteiger partial charge is 0.509 e. The lowest BCUT2D eigenvalue weighted by Crippen LogP contribution is -2.28. The van der Waals surface area contributed by atoms with Gasteiger partial charge in [-0.15, -0.1) is 0 Å². The van der Waals surface area contributed by atoms with Crippen LogP contribution in [0.4, 0.5) is 9.59 Å². The van der Waals surface area contributed by atoms with Crippen LogP contribution in [0.2, 0.25) is 0 Å². The maximum Gasteiger partial charge on any atom is 0.509 e. The van der Waals surface area contributed by atoms with Crippen molar-refractivity contribution in [3.05, 3.63) is 25.3 Å². The van der Waals surface area contributed by atoms with E-state index in [9.17, 15) is 14.2 Å².